The van der Waals surface area contributed by atoms with Gasteiger partial charge in [0.25, 0.3) is 0 Å². The Morgan fingerprint density at radius 2 is 1.91 bits per heavy atom. The van der Waals surface area contributed by atoms with Crippen molar-refractivity contribution in [2.45, 2.75) is 19.8 Å². The highest BCUT2D eigenvalue weighted by Gasteiger charge is 2.44. The summed E-state index contributed by atoms with van der Waals surface area (Å²) in [6.45, 7) is 3.71. The number of carbonyl (C=O) groups is 3. The molecule has 33 heavy (non-hydrogen) atoms. The molecule has 0 saturated carbocycles. The van der Waals surface area contributed by atoms with E-state index in [1.165, 1.54) is 7.11 Å². The lowest BCUT2D eigenvalue weighted by atomic mass is 9.78. The van der Waals surface area contributed by atoms with Gasteiger partial charge in [0.05, 0.1) is 29.5 Å². The second-order valence-electron chi connectivity index (χ2n) is 7.48. The van der Waals surface area contributed by atoms with Crippen molar-refractivity contribution >= 4 is 46.8 Å². The van der Waals surface area contributed by atoms with Crippen molar-refractivity contribution in [2.75, 3.05) is 18.2 Å². The van der Waals surface area contributed by atoms with Crippen LogP contribution in [0.1, 0.15) is 22.6 Å². The van der Waals surface area contributed by atoms with E-state index < -0.39 is 23.7 Å². The Bertz CT molecular complexity index is 1170. The van der Waals surface area contributed by atoms with Gasteiger partial charge in [-0.15, -0.1) is 0 Å². The molecule has 0 saturated heterocycles. The summed E-state index contributed by atoms with van der Waals surface area (Å²) >= 11 is 7.12. The van der Waals surface area contributed by atoms with E-state index >= 15 is 0 Å². The smallest absolute Gasteiger partial charge is 0.319 e. The minimum absolute atomic E-state index is 0.0593. The third-order valence-electron chi connectivity index (χ3n) is 5.31. The maximum Gasteiger partial charge on any atom is 0.319 e. The number of thioether (sulfide) groups is 1. The van der Waals surface area contributed by atoms with Crippen LogP contribution in [0.3, 0.4) is 0 Å². The SMILES string of the molecule is COC(=O)[C@H]1C(=O)NC(SCC(=O)Nc2cccc(Cl)c2C)=C(C#N)[C@H]1c1ccc(C)cc1. The fraction of sp³-hybridized carbons (Fsp3) is 0.250. The fourth-order valence-electron chi connectivity index (χ4n) is 3.52. The predicted molar refractivity (Wildman–Crippen MR) is 127 cm³/mol. The molecule has 1 aliphatic heterocycles. The van der Waals surface area contributed by atoms with E-state index in [9.17, 15) is 19.6 Å². The van der Waals surface area contributed by atoms with Crippen LogP contribution in [-0.2, 0) is 19.1 Å². The summed E-state index contributed by atoms with van der Waals surface area (Å²) in [5.74, 6) is -3.73. The number of amides is 2. The zero-order valence-electron chi connectivity index (χ0n) is 18.3. The number of rotatable bonds is 6. The lowest BCUT2D eigenvalue weighted by Gasteiger charge is -2.31. The Labute approximate surface area is 201 Å². The highest BCUT2D eigenvalue weighted by atomic mass is 35.5. The molecule has 1 aliphatic rings. The lowest BCUT2D eigenvalue weighted by molar-refractivity contribution is -0.150. The van der Waals surface area contributed by atoms with E-state index in [1.807, 2.05) is 19.1 Å². The molecule has 0 aliphatic carbocycles. The number of nitrogens with one attached hydrogen (secondary N) is 2. The van der Waals surface area contributed by atoms with Crippen LogP contribution in [0.4, 0.5) is 5.69 Å². The number of hydrogen-bond acceptors (Lipinski definition) is 6. The number of anilines is 1. The molecule has 9 heteroatoms. The van der Waals surface area contributed by atoms with Crippen molar-refractivity contribution in [1.29, 1.82) is 5.26 Å². The first-order valence-electron chi connectivity index (χ1n) is 10.0. The van der Waals surface area contributed by atoms with Crippen molar-refractivity contribution in [1.82, 2.24) is 5.32 Å². The normalized spacial score (nSPS) is 17.7. The van der Waals surface area contributed by atoms with Crippen molar-refractivity contribution < 1.29 is 19.1 Å². The van der Waals surface area contributed by atoms with Crippen molar-refractivity contribution in [2.24, 2.45) is 5.92 Å². The average Bonchev–Trinajstić information content (AvgIpc) is 2.80. The Hall–Kier alpha value is -3.28. The molecule has 1 heterocycles. The van der Waals surface area contributed by atoms with Crippen LogP contribution in [0.25, 0.3) is 0 Å². The summed E-state index contributed by atoms with van der Waals surface area (Å²) in [5, 5.41) is 16.1. The van der Waals surface area contributed by atoms with Gasteiger partial charge in [0.1, 0.15) is 5.92 Å². The summed E-state index contributed by atoms with van der Waals surface area (Å²) in [6, 6.07) is 14.6. The number of aryl methyl sites for hydroxylation is 1. The van der Waals surface area contributed by atoms with E-state index in [-0.39, 0.29) is 22.3 Å². The van der Waals surface area contributed by atoms with Gasteiger partial charge in [-0.3, -0.25) is 14.4 Å². The topological polar surface area (TPSA) is 108 Å². The van der Waals surface area contributed by atoms with Gasteiger partial charge in [-0.1, -0.05) is 59.3 Å². The molecule has 2 atom stereocenters. The molecule has 3 rings (SSSR count). The van der Waals surface area contributed by atoms with E-state index in [4.69, 9.17) is 16.3 Å². The fourth-order valence-corrected chi connectivity index (χ4v) is 4.54. The molecular formula is C24H22ClN3O4S. The van der Waals surface area contributed by atoms with E-state index in [1.54, 1.807) is 37.3 Å². The zero-order valence-corrected chi connectivity index (χ0v) is 19.8. The number of hydrogen-bond donors (Lipinski definition) is 2. The third kappa shape index (κ3) is 5.38. The first-order valence-corrected chi connectivity index (χ1v) is 11.4. The number of methoxy groups -OCH3 is 1. The maximum absolute atomic E-state index is 12.9. The number of nitrogens with zero attached hydrogens (tertiary/aromatic N) is 1. The summed E-state index contributed by atoms with van der Waals surface area (Å²) in [7, 11) is 1.20. The van der Waals surface area contributed by atoms with Crippen LogP contribution in [0, 0.1) is 31.1 Å². The molecule has 0 aromatic heterocycles. The summed E-state index contributed by atoms with van der Waals surface area (Å²) in [6.07, 6.45) is 0. The first-order chi connectivity index (χ1) is 15.8. The molecule has 0 unspecified atom stereocenters. The van der Waals surface area contributed by atoms with Gasteiger partial charge >= 0.3 is 5.97 Å². The molecule has 7 nitrogen and oxygen atoms in total. The molecule has 2 amide bonds. The Kier molecular flexibility index (Phi) is 7.79. The molecule has 0 radical (unpaired) electrons. The van der Waals surface area contributed by atoms with Crippen LogP contribution < -0.4 is 10.6 Å². The average molecular weight is 484 g/mol. The predicted octanol–water partition coefficient (Wildman–Crippen LogP) is 4.07. The number of allylic oxidation sites excluding steroid dienone is 1. The molecule has 0 spiro atoms. The van der Waals surface area contributed by atoms with E-state index in [0.717, 1.165) is 22.9 Å². The number of ether oxygens (including phenoxy) is 1. The minimum Gasteiger partial charge on any atom is -0.468 e. The Morgan fingerprint density at radius 1 is 1.21 bits per heavy atom. The van der Waals surface area contributed by atoms with E-state index in [2.05, 4.69) is 16.7 Å². The standard InChI is InChI=1S/C24H22ClN3O4S/c1-13-7-9-15(10-8-13)20-16(11-26)23(28-22(30)21(20)24(31)32-3)33-12-19(29)27-18-6-4-5-17(25)14(18)2/h4-10,20-21H,12H2,1-3H3,(H,27,29)(H,28,30)/t20-,21-/m1/s1. The second-order valence-corrected chi connectivity index (χ2v) is 8.88. The number of carbonyl (C=O) groups excluding carboxylic acids is 3. The van der Waals surface area contributed by atoms with Crippen molar-refractivity contribution in [3.05, 3.63) is 74.8 Å². The summed E-state index contributed by atoms with van der Waals surface area (Å²) in [5.41, 5.74) is 3.16. The monoisotopic (exact) mass is 483 g/mol. The van der Waals surface area contributed by atoms with Gasteiger partial charge in [-0.05, 0) is 37.1 Å². The van der Waals surface area contributed by atoms with Crippen LogP contribution in [-0.4, -0.2) is 30.6 Å². The maximum atomic E-state index is 12.9. The van der Waals surface area contributed by atoms with Gasteiger partial charge in [-0.25, -0.2) is 0 Å². The van der Waals surface area contributed by atoms with E-state index in [0.29, 0.717) is 16.3 Å². The van der Waals surface area contributed by atoms with Gasteiger partial charge in [0.2, 0.25) is 11.8 Å². The lowest BCUT2D eigenvalue weighted by Crippen LogP contribution is -2.44. The molecule has 2 N–H and O–H groups in total. The second kappa shape index (κ2) is 10.6. The molecule has 2 aromatic carbocycles. The van der Waals surface area contributed by atoms with Crippen LogP contribution in [0.2, 0.25) is 5.02 Å². The number of nitriles is 1. The van der Waals surface area contributed by atoms with Crippen LogP contribution in [0.15, 0.2) is 53.1 Å². The van der Waals surface area contributed by atoms with Gasteiger partial charge in [-0.2, -0.15) is 5.26 Å². The molecule has 0 fully saturated rings. The quantitative estimate of drug-likeness (QED) is 0.473. The van der Waals surface area contributed by atoms with Crippen LogP contribution >= 0.6 is 23.4 Å². The third-order valence-corrected chi connectivity index (χ3v) is 6.74. The van der Waals surface area contributed by atoms with Gasteiger partial charge in [0.15, 0.2) is 0 Å². The Balaban J connectivity index is 1.89. The highest BCUT2D eigenvalue weighted by molar-refractivity contribution is 8.03. The molecule has 2 aromatic rings. The summed E-state index contributed by atoms with van der Waals surface area (Å²) < 4.78 is 4.84. The van der Waals surface area contributed by atoms with Crippen LogP contribution in [0.5, 0.6) is 0 Å². The van der Waals surface area contributed by atoms with Crippen molar-refractivity contribution in [3.8, 4) is 6.07 Å². The van der Waals surface area contributed by atoms with Crippen molar-refractivity contribution in [3.63, 3.8) is 0 Å². The summed E-state index contributed by atoms with van der Waals surface area (Å²) in [4.78, 5) is 37.8. The number of benzene rings is 2. The first kappa shape index (κ1) is 24.4. The highest BCUT2D eigenvalue weighted by Crippen LogP contribution is 2.40. The Morgan fingerprint density at radius 3 is 2.55 bits per heavy atom. The molecular weight excluding hydrogens is 462 g/mol. The number of esters is 1. The number of halogens is 1. The van der Waals surface area contributed by atoms with Gasteiger partial charge < -0.3 is 15.4 Å². The largest absolute Gasteiger partial charge is 0.468 e. The molecule has 0 bridgehead atoms. The van der Waals surface area contributed by atoms with Gasteiger partial charge in [0, 0.05) is 16.6 Å². The zero-order chi connectivity index (χ0) is 24.1. The molecule has 170 valence electrons. The minimum atomic E-state index is -1.21.